The molecule has 0 spiro atoms. The first kappa shape index (κ1) is 17.1. The molecule has 128 valence electrons. The fourth-order valence-corrected chi connectivity index (χ4v) is 3.29. The quantitative estimate of drug-likeness (QED) is 0.520. The zero-order valence-corrected chi connectivity index (χ0v) is 15.0. The van der Waals surface area contributed by atoms with Crippen LogP contribution in [0.15, 0.2) is 59.7 Å². The van der Waals surface area contributed by atoms with Gasteiger partial charge in [0.1, 0.15) is 6.04 Å². The van der Waals surface area contributed by atoms with Gasteiger partial charge in [0.15, 0.2) is 5.13 Å². The molecular formula is C19H20N4OS. The van der Waals surface area contributed by atoms with Gasteiger partial charge in [0.25, 0.3) is 5.91 Å². The second-order valence-electron chi connectivity index (χ2n) is 5.81. The van der Waals surface area contributed by atoms with Gasteiger partial charge in [-0.3, -0.25) is 4.79 Å². The van der Waals surface area contributed by atoms with Crippen molar-refractivity contribution in [1.29, 1.82) is 0 Å². The summed E-state index contributed by atoms with van der Waals surface area (Å²) in [5.74, 6) is -0.0650. The molecule has 1 heterocycles. The van der Waals surface area contributed by atoms with Crippen molar-refractivity contribution in [2.75, 3.05) is 5.32 Å². The molecule has 2 N–H and O–H groups in total. The average Bonchev–Trinajstić information content (AvgIpc) is 3.04. The minimum absolute atomic E-state index is 0.133. The fourth-order valence-electron chi connectivity index (χ4n) is 2.34. The Labute approximate surface area is 150 Å². The molecule has 0 aliphatic carbocycles. The lowest BCUT2D eigenvalue weighted by Crippen LogP contribution is -2.34. The highest BCUT2D eigenvalue weighted by atomic mass is 32.1. The lowest BCUT2D eigenvalue weighted by atomic mass is 10.0. The van der Waals surface area contributed by atoms with Crippen molar-refractivity contribution in [2.45, 2.75) is 25.8 Å². The van der Waals surface area contributed by atoms with E-state index in [1.54, 1.807) is 13.1 Å². The van der Waals surface area contributed by atoms with Crippen molar-refractivity contribution in [3.63, 3.8) is 0 Å². The molecule has 0 bridgehead atoms. The van der Waals surface area contributed by atoms with Crippen molar-refractivity contribution in [2.24, 2.45) is 5.10 Å². The average molecular weight is 352 g/mol. The summed E-state index contributed by atoms with van der Waals surface area (Å²) < 4.78 is 1.09. The van der Waals surface area contributed by atoms with Crippen LogP contribution in [0.2, 0.25) is 0 Å². The monoisotopic (exact) mass is 352 g/mol. The van der Waals surface area contributed by atoms with Crippen LogP contribution in [0, 0.1) is 0 Å². The SMILES string of the molecule is C[C@@H](Nc1nc2ccccc2s1)C(=O)N/N=C\[C@H](C)c1ccccc1. The van der Waals surface area contributed by atoms with Crippen LogP contribution in [0.5, 0.6) is 0 Å². The van der Waals surface area contributed by atoms with Gasteiger partial charge in [-0.05, 0) is 24.6 Å². The molecule has 0 fully saturated rings. The van der Waals surface area contributed by atoms with Crippen LogP contribution in [0.4, 0.5) is 5.13 Å². The first-order valence-corrected chi connectivity index (χ1v) is 8.95. The van der Waals surface area contributed by atoms with Gasteiger partial charge in [0.2, 0.25) is 0 Å². The van der Waals surface area contributed by atoms with Gasteiger partial charge >= 0.3 is 0 Å². The van der Waals surface area contributed by atoms with Gasteiger partial charge in [-0.15, -0.1) is 0 Å². The number of hydrazone groups is 1. The first-order chi connectivity index (χ1) is 12.1. The number of benzene rings is 2. The van der Waals surface area contributed by atoms with E-state index in [4.69, 9.17) is 0 Å². The van der Waals surface area contributed by atoms with Gasteiger partial charge in [0, 0.05) is 12.1 Å². The third-order valence-corrected chi connectivity index (χ3v) is 4.79. The number of fused-ring (bicyclic) bond motifs is 1. The van der Waals surface area contributed by atoms with Crippen LogP contribution in [0.1, 0.15) is 25.3 Å². The minimum atomic E-state index is -0.426. The lowest BCUT2D eigenvalue weighted by Gasteiger charge is -2.11. The van der Waals surface area contributed by atoms with Gasteiger partial charge in [-0.2, -0.15) is 5.10 Å². The molecule has 0 saturated heterocycles. The third-order valence-electron chi connectivity index (χ3n) is 3.83. The molecule has 2 atom stereocenters. The van der Waals surface area contributed by atoms with Crippen molar-refractivity contribution in [3.8, 4) is 0 Å². The molecule has 2 aromatic carbocycles. The summed E-state index contributed by atoms with van der Waals surface area (Å²) in [4.78, 5) is 16.6. The molecule has 0 aliphatic rings. The Morgan fingerprint density at radius 2 is 1.84 bits per heavy atom. The molecular weight excluding hydrogens is 332 g/mol. The lowest BCUT2D eigenvalue weighted by molar-refractivity contribution is -0.121. The van der Waals surface area contributed by atoms with Crippen LogP contribution >= 0.6 is 11.3 Å². The number of carbonyl (C=O) groups excluding carboxylic acids is 1. The van der Waals surface area contributed by atoms with Gasteiger partial charge < -0.3 is 5.32 Å². The Bertz CT molecular complexity index is 842. The zero-order chi connectivity index (χ0) is 17.6. The molecule has 0 radical (unpaired) electrons. The van der Waals surface area contributed by atoms with Gasteiger partial charge in [0.05, 0.1) is 10.2 Å². The number of nitrogens with one attached hydrogen (secondary N) is 2. The van der Waals surface area contributed by atoms with Gasteiger partial charge in [-0.1, -0.05) is 60.7 Å². The Morgan fingerprint density at radius 1 is 1.12 bits per heavy atom. The Balaban J connectivity index is 1.54. The largest absolute Gasteiger partial charge is 0.350 e. The van der Waals surface area contributed by atoms with E-state index < -0.39 is 6.04 Å². The Hall–Kier alpha value is -2.73. The zero-order valence-electron chi connectivity index (χ0n) is 14.1. The minimum Gasteiger partial charge on any atom is -0.350 e. The predicted octanol–water partition coefficient (Wildman–Crippen LogP) is 4.00. The number of amides is 1. The van der Waals surface area contributed by atoms with E-state index in [9.17, 15) is 4.79 Å². The Kier molecular flexibility index (Phi) is 5.40. The smallest absolute Gasteiger partial charge is 0.262 e. The second-order valence-corrected chi connectivity index (χ2v) is 6.84. The molecule has 1 aromatic heterocycles. The number of hydrogen-bond donors (Lipinski definition) is 2. The fraction of sp³-hybridized carbons (Fsp3) is 0.211. The van der Waals surface area contributed by atoms with E-state index in [2.05, 4.69) is 20.8 Å². The number of anilines is 1. The highest BCUT2D eigenvalue weighted by molar-refractivity contribution is 7.22. The number of hydrogen-bond acceptors (Lipinski definition) is 5. The molecule has 0 aliphatic heterocycles. The normalized spacial score (nSPS) is 13.7. The molecule has 5 nitrogen and oxygen atoms in total. The maximum Gasteiger partial charge on any atom is 0.262 e. The highest BCUT2D eigenvalue weighted by Gasteiger charge is 2.14. The van der Waals surface area contributed by atoms with Crippen molar-refractivity contribution >= 4 is 38.8 Å². The highest BCUT2D eigenvalue weighted by Crippen LogP contribution is 2.25. The summed E-state index contributed by atoms with van der Waals surface area (Å²) in [7, 11) is 0. The van der Waals surface area contributed by atoms with Crippen LogP contribution in [-0.4, -0.2) is 23.1 Å². The Morgan fingerprint density at radius 3 is 2.60 bits per heavy atom. The number of aromatic nitrogens is 1. The summed E-state index contributed by atoms with van der Waals surface area (Å²) in [5.41, 5.74) is 4.66. The van der Waals surface area contributed by atoms with E-state index in [0.717, 1.165) is 20.9 Å². The van der Waals surface area contributed by atoms with E-state index in [0.29, 0.717) is 0 Å². The standard InChI is InChI=1S/C19H20N4OS/c1-13(15-8-4-3-5-9-15)12-20-23-18(24)14(2)21-19-22-16-10-6-7-11-17(16)25-19/h3-14H,1-2H3,(H,21,22)(H,23,24)/b20-12-/t13-,14+/m0/s1. The van der Waals surface area contributed by atoms with Crippen LogP contribution in [0.25, 0.3) is 10.2 Å². The van der Waals surface area contributed by atoms with Gasteiger partial charge in [-0.25, -0.2) is 10.4 Å². The topological polar surface area (TPSA) is 66.4 Å². The first-order valence-electron chi connectivity index (χ1n) is 8.13. The molecule has 0 unspecified atom stereocenters. The summed E-state index contributed by atoms with van der Waals surface area (Å²) >= 11 is 1.53. The van der Waals surface area contributed by atoms with Crippen LogP contribution in [0.3, 0.4) is 0 Å². The summed E-state index contributed by atoms with van der Waals surface area (Å²) in [6.07, 6.45) is 1.73. The molecule has 3 rings (SSSR count). The number of para-hydroxylation sites is 1. The molecule has 0 saturated carbocycles. The molecule has 25 heavy (non-hydrogen) atoms. The maximum absolute atomic E-state index is 12.2. The van der Waals surface area contributed by atoms with Crippen molar-refractivity contribution in [1.82, 2.24) is 10.4 Å². The molecule has 3 aromatic rings. The number of nitrogens with zero attached hydrogens (tertiary/aromatic N) is 2. The van der Waals surface area contributed by atoms with Crippen molar-refractivity contribution < 1.29 is 4.79 Å². The number of rotatable bonds is 6. The van der Waals surface area contributed by atoms with E-state index >= 15 is 0 Å². The third kappa shape index (κ3) is 4.42. The number of thiazole rings is 1. The molecule has 6 heteroatoms. The predicted molar refractivity (Wildman–Crippen MR) is 104 cm³/mol. The van der Waals surface area contributed by atoms with E-state index in [1.807, 2.05) is 61.5 Å². The van der Waals surface area contributed by atoms with Crippen molar-refractivity contribution in [3.05, 3.63) is 60.2 Å². The maximum atomic E-state index is 12.2. The van der Waals surface area contributed by atoms with Crippen LogP contribution < -0.4 is 10.7 Å². The molecule has 1 amide bonds. The summed E-state index contributed by atoms with van der Waals surface area (Å²) in [6, 6.07) is 17.5. The number of carbonyl (C=O) groups is 1. The summed E-state index contributed by atoms with van der Waals surface area (Å²) in [5, 5.41) is 7.92. The van der Waals surface area contributed by atoms with E-state index in [-0.39, 0.29) is 11.8 Å². The summed E-state index contributed by atoms with van der Waals surface area (Å²) in [6.45, 7) is 3.82. The van der Waals surface area contributed by atoms with E-state index in [1.165, 1.54) is 11.3 Å². The second kappa shape index (κ2) is 7.90. The van der Waals surface area contributed by atoms with Crippen LogP contribution in [-0.2, 0) is 4.79 Å².